The van der Waals surface area contributed by atoms with E-state index in [1.165, 1.54) is 19.4 Å². The van der Waals surface area contributed by atoms with Crippen molar-refractivity contribution in [3.63, 3.8) is 0 Å². The minimum atomic E-state index is -0.708. The van der Waals surface area contributed by atoms with Crippen LogP contribution in [-0.4, -0.2) is 42.0 Å². The highest BCUT2D eigenvalue weighted by Crippen LogP contribution is 2.30. The van der Waals surface area contributed by atoms with E-state index in [-0.39, 0.29) is 18.3 Å². The van der Waals surface area contributed by atoms with Crippen LogP contribution in [0.15, 0.2) is 0 Å². The molecule has 0 aromatic rings. The van der Waals surface area contributed by atoms with Gasteiger partial charge in [0.2, 0.25) is 5.91 Å². The Morgan fingerprint density at radius 2 is 1.90 bits per heavy atom. The van der Waals surface area contributed by atoms with Crippen molar-refractivity contribution in [3.05, 3.63) is 0 Å². The van der Waals surface area contributed by atoms with Gasteiger partial charge in [-0.1, -0.05) is 13.3 Å². The first-order chi connectivity index (χ1) is 9.01. The number of hydrogen-bond donors (Lipinski definition) is 2. The van der Waals surface area contributed by atoms with Crippen LogP contribution in [0.3, 0.4) is 0 Å². The average molecular weight is 304 g/mol. The number of likely N-dealkylation sites (tertiary alicyclic amines) is 1. The van der Waals surface area contributed by atoms with E-state index in [9.17, 15) is 4.79 Å². The van der Waals surface area contributed by atoms with Crippen LogP contribution >= 0.6 is 12.4 Å². The number of nitrogens with zero attached hydrogens (tertiary/aromatic N) is 1. The predicted octanol–water partition coefficient (Wildman–Crippen LogP) is 1.92. The van der Waals surface area contributed by atoms with Crippen molar-refractivity contribution >= 4 is 18.3 Å². The molecule has 1 amide bonds. The van der Waals surface area contributed by atoms with Gasteiger partial charge in [-0.3, -0.25) is 4.79 Å². The molecule has 3 N–H and O–H groups in total. The summed E-state index contributed by atoms with van der Waals surface area (Å²) in [6, 6.07) is 0.322. The zero-order chi connectivity index (χ0) is 13.9. The third kappa shape index (κ3) is 5.23. The van der Waals surface area contributed by atoms with Crippen LogP contribution in [0.5, 0.6) is 0 Å². The van der Waals surface area contributed by atoms with Gasteiger partial charge in [-0.25, -0.2) is 0 Å². The van der Waals surface area contributed by atoms with Gasteiger partial charge in [-0.2, -0.15) is 0 Å². The number of nitrogens with two attached hydrogens (primary N) is 1. The zero-order valence-corrected chi connectivity index (χ0v) is 13.7. The topological polar surface area (TPSA) is 58.4 Å². The minimum Gasteiger partial charge on any atom is -0.352 e. The van der Waals surface area contributed by atoms with E-state index in [0.29, 0.717) is 6.04 Å². The Kier molecular flexibility index (Phi) is 6.76. The smallest absolute Gasteiger partial charge is 0.240 e. The number of amides is 1. The molecule has 1 atom stereocenters. The maximum atomic E-state index is 12.1. The molecule has 1 heterocycles. The van der Waals surface area contributed by atoms with Gasteiger partial charge in [0.25, 0.3) is 0 Å². The molecule has 0 aromatic carbocycles. The molecule has 2 aliphatic rings. The van der Waals surface area contributed by atoms with E-state index in [4.69, 9.17) is 5.73 Å². The summed E-state index contributed by atoms with van der Waals surface area (Å²) in [6.07, 6.45) is 6.67. The third-order valence-electron chi connectivity index (χ3n) is 4.42. The SMILES string of the molecule is CCCC(C)(N)C(=O)NC1CCN(CC2CC2)CC1.Cl. The van der Waals surface area contributed by atoms with Gasteiger partial charge < -0.3 is 16.0 Å². The molecule has 118 valence electrons. The van der Waals surface area contributed by atoms with Gasteiger partial charge in [-0.15, -0.1) is 12.4 Å². The summed E-state index contributed by atoms with van der Waals surface area (Å²) >= 11 is 0. The zero-order valence-electron chi connectivity index (χ0n) is 12.9. The number of piperidine rings is 1. The van der Waals surface area contributed by atoms with Gasteiger partial charge in [0.15, 0.2) is 0 Å². The first-order valence-electron chi connectivity index (χ1n) is 7.83. The molecule has 1 aliphatic heterocycles. The lowest BCUT2D eigenvalue weighted by atomic mass is 9.95. The largest absolute Gasteiger partial charge is 0.352 e. The summed E-state index contributed by atoms with van der Waals surface area (Å²) < 4.78 is 0. The van der Waals surface area contributed by atoms with Crippen molar-refractivity contribution in [2.24, 2.45) is 11.7 Å². The number of rotatable bonds is 6. The van der Waals surface area contributed by atoms with Gasteiger partial charge in [0.05, 0.1) is 5.54 Å². The third-order valence-corrected chi connectivity index (χ3v) is 4.42. The van der Waals surface area contributed by atoms with Crippen LogP contribution in [0.25, 0.3) is 0 Å². The molecule has 2 rings (SSSR count). The fourth-order valence-electron chi connectivity index (χ4n) is 2.91. The molecule has 1 saturated heterocycles. The first kappa shape index (κ1) is 17.7. The summed E-state index contributed by atoms with van der Waals surface area (Å²) in [6.45, 7) is 7.42. The summed E-state index contributed by atoms with van der Waals surface area (Å²) in [5.41, 5.74) is 5.36. The highest BCUT2D eigenvalue weighted by atomic mass is 35.5. The van der Waals surface area contributed by atoms with E-state index < -0.39 is 5.54 Å². The summed E-state index contributed by atoms with van der Waals surface area (Å²) in [7, 11) is 0. The van der Waals surface area contributed by atoms with E-state index in [1.807, 2.05) is 6.92 Å². The fraction of sp³-hybridized carbons (Fsp3) is 0.933. The molecule has 0 bridgehead atoms. The Morgan fingerprint density at radius 1 is 1.30 bits per heavy atom. The van der Waals surface area contributed by atoms with Crippen LogP contribution in [-0.2, 0) is 4.79 Å². The first-order valence-corrected chi connectivity index (χ1v) is 7.83. The van der Waals surface area contributed by atoms with Crippen molar-refractivity contribution in [3.8, 4) is 0 Å². The number of nitrogens with one attached hydrogen (secondary N) is 1. The quantitative estimate of drug-likeness (QED) is 0.788. The molecular formula is C15H30ClN3O. The molecule has 1 aliphatic carbocycles. The molecule has 0 aromatic heterocycles. The van der Waals surface area contributed by atoms with Crippen molar-refractivity contribution in [1.29, 1.82) is 0 Å². The Hall–Kier alpha value is -0.320. The molecular weight excluding hydrogens is 274 g/mol. The van der Waals surface area contributed by atoms with Crippen molar-refractivity contribution in [2.45, 2.75) is 64.0 Å². The summed E-state index contributed by atoms with van der Waals surface area (Å²) in [4.78, 5) is 14.7. The van der Waals surface area contributed by atoms with Crippen molar-refractivity contribution in [1.82, 2.24) is 10.2 Å². The van der Waals surface area contributed by atoms with Crippen LogP contribution in [0.4, 0.5) is 0 Å². The lowest BCUT2D eigenvalue weighted by molar-refractivity contribution is -0.127. The van der Waals surface area contributed by atoms with Crippen LogP contribution in [0.2, 0.25) is 0 Å². The Labute approximate surface area is 129 Å². The second-order valence-electron chi connectivity index (χ2n) is 6.66. The van der Waals surface area contributed by atoms with Gasteiger partial charge in [0.1, 0.15) is 0 Å². The van der Waals surface area contributed by atoms with E-state index in [0.717, 1.165) is 44.7 Å². The fourth-order valence-corrected chi connectivity index (χ4v) is 2.91. The number of halogens is 1. The highest BCUT2D eigenvalue weighted by Gasteiger charge is 2.31. The second-order valence-corrected chi connectivity index (χ2v) is 6.66. The number of carbonyl (C=O) groups is 1. The van der Waals surface area contributed by atoms with Crippen molar-refractivity contribution < 1.29 is 4.79 Å². The summed E-state index contributed by atoms with van der Waals surface area (Å²) in [5.74, 6) is 0.984. The minimum absolute atomic E-state index is 0. The van der Waals surface area contributed by atoms with Crippen LogP contribution in [0.1, 0.15) is 52.4 Å². The standard InChI is InChI=1S/C15H29N3O.ClH/c1-3-8-15(2,16)14(19)17-13-6-9-18(10-7-13)11-12-4-5-12;/h12-13H,3-11,16H2,1-2H3,(H,17,19);1H. The highest BCUT2D eigenvalue weighted by molar-refractivity contribution is 5.86. The molecule has 0 radical (unpaired) electrons. The Bertz CT molecular complexity index is 310. The Balaban J connectivity index is 0.00000200. The lowest BCUT2D eigenvalue weighted by Gasteiger charge is -2.34. The molecule has 5 heteroatoms. The van der Waals surface area contributed by atoms with E-state index >= 15 is 0 Å². The normalized spacial score (nSPS) is 23.8. The maximum absolute atomic E-state index is 12.1. The maximum Gasteiger partial charge on any atom is 0.240 e. The van der Waals surface area contributed by atoms with E-state index in [1.54, 1.807) is 0 Å². The molecule has 0 spiro atoms. The van der Waals surface area contributed by atoms with Crippen LogP contribution in [0, 0.1) is 5.92 Å². The number of hydrogen-bond acceptors (Lipinski definition) is 3. The monoisotopic (exact) mass is 303 g/mol. The molecule has 20 heavy (non-hydrogen) atoms. The number of carbonyl (C=O) groups excluding carboxylic acids is 1. The molecule has 1 unspecified atom stereocenters. The molecule has 1 saturated carbocycles. The Morgan fingerprint density at radius 3 is 2.40 bits per heavy atom. The second kappa shape index (κ2) is 7.62. The summed E-state index contributed by atoms with van der Waals surface area (Å²) in [5, 5.41) is 3.14. The van der Waals surface area contributed by atoms with E-state index in [2.05, 4.69) is 17.1 Å². The molecule has 4 nitrogen and oxygen atoms in total. The molecule has 2 fully saturated rings. The van der Waals surface area contributed by atoms with Gasteiger partial charge in [-0.05, 0) is 44.9 Å². The van der Waals surface area contributed by atoms with Gasteiger partial charge >= 0.3 is 0 Å². The van der Waals surface area contributed by atoms with Crippen LogP contribution < -0.4 is 11.1 Å². The lowest BCUT2D eigenvalue weighted by Crippen LogP contribution is -2.55. The average Bonchev–Trinajstić information content (AvgIpc) is 3.15. The van der Waals surface area contributed by atoms with Gasteiger partial charge in [0, 0.05) is 25.7 Å². The van der Waals surface area contributed by atoms with Crippen molar-refractivity contribution in [2.75, 3.05) is 19.6 Å². The predicted molar refractivity (Wildman–Crippen MR) is 85.1 cm³/mol.